The Balaban J connectivity index is 1.63. The average molecular weight is 374 g/mol. The number of nitro groups is 1. The predicted octanol–water partition coefficient (Wildman–Crippen LogP) is 1.82. The molecule has 0 aliphatic heterocycles. The molecule has 0 aliphatic carbocycles. The molecule has 1 aromatic carbocycles. The highest BCUT2D eigenvalue weighted by atomic mass is 19.1. The third-order valence-corrected chi connectivity index (χ3v) is 3.61. The van der Waals surface area contributed by atoms with Crippen LogP contribution in [0.15, 0.2) is 42.9 Å². The van der Waals surface area contributed by atoms with Gasteiger partial charge < -0.3 is 10.1 Å². The fourth-order valence-corrected chi connectivity index (χ4v) is 2.41. The number of ether oxygens (including phenoxy) is 1. The molecule has 1 amide bonds. The number of anilines is 1. The van der Waals surface area contributed by atoms with E-state index in [1.165, 1.54) is 24.1 Å². The van der Waals surface area contributed by atoms with E-state index in [0.29, 0.717) is 11.3 Å². The molecule has 11 heteroatoms. The molecule has 0 unspecified atom stereocenters. The van der Waals surface area contributed by atoms with E-state index in [4.69, 9.17) is 4.74 Å². The van der Waals surface area contributed by atoms with Gasteiger partial charge in [-0.05, 0) is 6.07 Å². The first kappa shape index (κ1) is 18.0. The van der Waals surface area contributed by atoms with E-state index < -0.39 is 10.8 Å². The van der Waals surface area contributed by atoms with E-state index in [0.717, 1.165) is 10.9 Å². The quantitative estimate of drug-likeness (QED) is 0.498. The van der Waals surface area contributed by atoms with Crippen LogP contribution in [0.1, 0.15) is 5.56 Å². The van der Waals surface area contributed by atoms with Gasteiger partial charge in [-0.25, -0.2) is 4.39 Å². The van der Waals surface area contributed by atoms with E-state index in [1.54, 1.807) is 24.4 Å². The highest BCUT2D eigenvalue weighted by molar-refractivity contribution is 5.90. The van der Waals surface area contributed by atoms with Crippen LogP contribution in [0.25, 0.3) is 0 Å². The summed E-state index contributed by atoms with van der Waals surface area (Å²) in [6.07, 6.45) is 4.08. The lowest BCUT2D eigenvalue weighted by Gasteiger charge is -2.03. The Morgan fingerprint density at radius 3 is 2.78 bits per heavy atom. The van der Waals surface area contributed by atoms with Crippen molar-refractivity contribution < 1.29 is 18.8 Å². The summed E-state index contributed by atoms with van der Waals surface area (Å²) in [4.78, 5) is 22.3. The zero-order valence-corrected chi connectivity index (χ0v) is 14.2. The van der Waals surface area contributed by atoms with Crippen LogP contribution in [-0.4, -0.2) is 37.5 Å². The third kappa shape index (κ3) is 4.26. The van der Waals surface area contributed by atoms with Gasteiger partial charge in [0.05, 0.1) is 30.5 Å². The first-order chi connectivity index (χ1) is 13.0. The van der Waals surface area contributed by atoms with Crippen molar-refractivity contribution in [2.24, 2.45) is 0 Å². The van der Waals surface area contributed by atoms with Crippen LogP contribution in [0.5, 0.6) is 5.88 Å². The summed E-state index contributed by atoms with van der Waals surface area (Å²) in [6.45, 7) is -0.0339. The summed E-state index contributed by atoms with van der Waals surface area (Å²) < 4.78 is 21.1. The Morgan fingerprint density at radius 1 is 1.33 bits per heavy atom. The Hall–Kier alpha value is -3.76. The molecule has 3 rings (SSSR count). The number of carbonyl (C=O) groups excluding carboxylic acids is 1. The molecule has 3 aromatic rings. The number of carbonyl (C=O) groups is 1. The fraction of sp³-hybridized carbons (Fsp3) is 0.188. The first-order valence-corrected chi connectivity index (χ1v) is 7.78. The lowest BCUT2D eigenvalue weighted by atomic mass is 10.2. The molecule has 0 fully saturated rings. The normalized spacial score (nSPS) is 10.6. The van der Waals surface area contributed by atoms with Gasteiger partial charge in [0.15, 0.2) is 0 Å². The van der Waals surface area contributed by atoms with Crippen LogP contribution < -0.4 is 10.1 Å². The number of halogens is 1. The molecule has 0 spiro atoms. The van der Waals surface area contributed by atoms with Gasteiger partial charge in [0.2, 0.25) is 5.91 Å². The molecular formula is C16H15FN6O4. The smallest absolute Gasteiger partial charge is 0.350 e. The molecule has 0 radical (unpaired) electrons. The van der Waals surface area contributed by atoms with Gasteiger partial charge in [-0.3, -0.25) is 24.3 Å². The summed E-state index contributed by atoms with van der Waals surface area (Å²) in [7, 11) is 1.25. The third-order valence-electron chi connectivity index (χ3n) is 3.61. The molecule has 0 aliphatic rings. The van der Waals surface area contributed by atoms with Gasteiger partial charge in [0.1, 0.15) is 18.6 Å². The number of benzene rings is 1. The number of methoxy groups -OCH3 is 1. The molecule has 0 atom stereocenters. The second-order valence-electron chi connectivity index (χ2n) is 5.54. The maximum atomic E-state index is 13.7. The van der Waals surface area contributed by atoms with Gasteiger partial charge in [-0.15, -0.1) is 5.10 Å². The number of rotatable bonds is 7. The van der Waals surface area contributed by atoms with Crippen LogP contribution in [0, 0.1) is 15.9 Å². The van der Waals surface area contributed by atoms with Crippen molar-refractivity contribution in [1.82, 2.24) is 19.6 Å². The predicted molar refractivity (Wildman–Crippen MR) is 91.8 cm³/mol. The maximum absolute atomic E-state index is 13.7. The molecule has 0 bridgehead atoms. The van der Waals surface area contributed by atoms with E-state index in [2.05, 4.69) is 15.5 Å². The van der Waals surface area contributed by atoms with Gasteiger partial charge >= 0.3 is 11.6 Å². The molecule has 27 heavy (non-hydrogen) atoms. The minimum absolute atomic E-state index is 0.175. The Kier molecular flexibility index (Phi) is 5.11. The summed E-state index contributed by atoms with van der Waals surface area (Å²) in [5, 5.41) is 21.4. The van der Waals surface area contributed by atoms with E-state index in [1.807, 2.05) is 0 Å². The van der Waals surface area contributed by atoms with Gasteiger partial charge in [0.25, 0.3) is 0 Å². The number of hydrogen-bond donors (Lipinski definition) is 1. The molecule has 1 N–H and O–H groups in total. The highest BCUT2D eigenvalue weighted by Gasteiger charge is 2.21. The van der Waals surface area contributed by atoms with Gasteiger partial charge in [-0.2, -0.15) is 5.10 Å². The molecule has 140 valence electrons. The Bertz CT molecular complexity index is 983. The van der Waals surface area contributed by atoms with E-state index in [9.17, 15) is 19.3 Å². The number of nitrogens with one attached hydrogen (secondary N) is 1. The maximum Gasteiger partial charge on any atom is 0.350 e. The van der Waals surface area contributed by atoms with Crippen molar-refractivity contribution >= 4 is 17.3 Å². The molecule has 2 heterocycles. The van der Waals surface area contributed by atoms with Crippen molar-refractivity contribution in [3.63, 3.8) is 0 Å². The largest absolute Gasteiger partial charge is 0.475 e. The van der Waals surface area contributed by atoms with Crippen LogP contribution in [-0.2, 0) is 17.9 Å². The van der Waals surface area contributed by atoms with E-state index in [-0.39, 0.29) is 30.5 Å². The zero-order chi connectivity index (χ0) is 19.4. The summed E-state index contributed by atoms with van der Waals surface area (Å²) in [6, 6.07) is 6.33. The molecular weight excluding hydrogens is 359 g/mol. The minimum atomic E-state index is -0.646. The number of nitrogens with zero attached hydrogens (tertiary/aromatic N) is 5. The Morgan fingerprint density at radius 2 is 2.11 bits per heavy atom. The van der Waals surface area contributed by atoms with Crippen LogP contribution in [0.4, 0.5) is 15.8 Å². The van der Waals surface area contributed by atoms with Crippen molar-refractivity contribution in [3.05, 3.63) is 64.4 Å². The fourth-order valence-electron chi connectivity index (χ4n) is 2.41. The molecule has 10 nitrogen and oxygen atoms in total. The van der Waals surface area contributed by atoms with Gasteiger partial charge in [-0.1, -0.05) is 18.2 Å². The summed E-state index contributed by atoms with van der Waals surface area (Å²) in [5.74, 6) is -0.973. The number of hydrogen-bond acceptors (Lipinski definition) is 6. The van der Waals surface area contributed by atoms with E-state index >= 15 is 0 Å². The SMILES string of the molecule is COc1nn(CC(=O)Nc2cnn(Cc3ccccc3F)c2)cc1[N+](=O)[O-]. The van der Waals surface area contributed by atoms with Crippen LogP contribution >= 0.6 is 0 Å². The molecule has 0 saturated heterocycles. The van der Waals surface area contributed by atoms with Crippen LogP contribution in [0.3, 0.4) is 0 Å². The zero-order valence-electron chi connectivity index (χ0n) is 14.2. The van der Waals surface area contributed by atoms with Crippen molar-refractivity contribution in [2.75, 3.05) is 12.4 Å². The topological polar surface area (TPSA) is 117 Å². The van der Waals surface area contributed by atoms with Gasteiger partial charge in [0, 0.05) is 11.8 Å². The minimum Gasteiger partial charge on any atom is -0.475 e. The standard InChI is InChI=1S/C16H15FN6O4/c1-27-16-14(23(25)26)9-22(20-16)10-15(24)19-12-6-18-21(8-12)7-11-4-2-3-5-13(11)17/h2-6,8-9H,7,10H2,1H3,(H,19,24). The average Bonchev–Trinajstić information content (AvgIpc) is 3.23. The Labute approximate surface area is 152 Å². The second-order valence-corrected chi connectivity index (χ2v) is 5.54. The lowest BCUT2D eigenvalue weighted by molar-refractivity contribution is -0.385. The highest BCUT2D eigenvalue weighted by Crippen LogP contribution is 2.23. The number of aromatic nitrogens is 4. The summed E-state index contributed by atoms with van der Waals surface area (Å²) in [5.41, 5.74) is 0.544. The summed E-state index contributed by atoms with van der Waals surface area (Å²) >= 11 is 0. The monoisotopic (exact) mass is 374 g/mol. The molecule has 0 saturated carbocycles. The molecule has 2 aromatic heterocycles. The number of amides is 1. The lowest BCUT2D eigenvalue weighted by Crippen LogP contribution is -2.18. The van der Waals surface area contributed by atoms with Crippen LogP contribution in [0.2, 0.25) is 0 Å². The van der Waals surface area contributed by atoms with Crippen molar-refractivity contribution in [1.29, 1.82) is 0 Å². The second kappa shape index (κ2) is 7.64. The van der Waals surface area contributed by atoms with Crippen molar-refractivity contribution in [2.45, 2.75) is 13.1 Å². The van der Waals surface area contributed by atoms with Crippen molar-refractivity contribution in [3.8, 4) is 5.88 Å². The first-order valence-electron chi connectivity index (χ1n) is 7.78.